The first-order valence-electron chi connectivity index (χ1n) is 4.54. The molecular formula is C8H16N2O3. The zero-order valence-corrected chi connectivity index (χ0v) is 7.84. The molecule has 0 aromatic heterocycles. The molecule has 76 valence electrons. The van der Waals surface area contributed by atoms with Crippen LogP contribution in [0.5, 0.6) is 0 Å². The Balaban J connectivity index is 2.06. The normalized spacial score (nSPS) is 22.4. The number of carbonyl (C=O) groups is 1. The molecule has 1 aliphatic rings. The third-order valence-electron chi connectivity index (χ3n) is 1.80. The Labute approximate surface area is 77.8 Å². The molecule has 5 nitrogen and oxygen atoms in total. The van der Waals surface area contributed by atoms with Gasteiger partial charge < -0.3 is 20.1 Å². The monoisotopic (exact) mass is 188 g/mol. The first-order chi connectivity index (χ1) is 6.33. The van der Waals surface area contributed by atoms with Gasteiger partial charge in [0.1, 0.15) is 6.79 Å². The van der Waals surface area contributed by atoms with Crippen LogP contribution in [0.4, 0.5) is 4.79 Å². The summed E-state index contributed by atoms with van der Waals surface area (Å²) in [5.41, 5.74) is 0. The molecular weight excluding hydrogens is 172 g/mol. The van der Waals surface area contributed by atoms with Crippen LogP contribution in [-0.4, -0.2) is 38.6 Å². The van der Waals surface area contributed by atoms with Crippen LogP contribution in [0.3, 0.4) is 0 Å². The molecule has 1 aliphatic heterocycles. The molecule has 1 unspecified atom stereocenters. The molecule has 0 bridgehead atoms. The average molecular weight is 188 g/mol. The van der Waals surface area contributed by atoms with Crippen molar-refractivity contribution in [2.75, 3.05) is 26.5 Å². The molecule has 5 heteroatoms. The van der Waals surface area contributed by atoms with E-state index in [4.69, 9.17) is 9.47 Å². The third kappa shape index (κ3) is 4.10. The van der Waals surface area contributed by atoms with Gasteiger partial charge in [-0.3, -0.25) is 0 Å². The molecule has 0 saturated carbocycles. The predicted molar refractivity (Wildman–Crippen MR) is 47.4 cm³/mol. The Morgan fingerprint density at radius 3 is 3.00 bits per heavy atom. The smallest absolute Gasteiger partial charge is 0.314 e. The summed E-state index contributed by atoms with van der Waals surface area (Å²) in [4.78, 5) is 11.0. The molecule has 1 heterocycles. The second kappa shape index (κ2) is 5.77. The lowest BCUT2D eigenvalue weighted by molar-refractivity contribution is -0.136. The lowest BCUT2D eigenvalue weighted by atomic mass is 10.2. The maximum absolute atomic E-state index is 11.0. The molecule has 2 amide bonds. The van der Waals surface area contributed by atoms with Crippen LogP contribution in [0.2, 0.25) is 0 Å². The maximum atomic E-state index is 11.0. The van der Waals surface area contributed by atoms with Crippen molar-refractivity contribution in [3.63, 3.8) is 0 Å². The SMILES string of the molecule is CCNC(=O)NCC1CCOCO1. The third-order valence-corrected chi connectivity index (χ3v) is 1.80. The summed E-state index contributed by atoms with van der Waals surface area (Å²) in [6, 6.07) is -0.141. The maximum Gasteiger partial charge on any atom is 0.314 e. The van der Waals surface area contributed by atoms with E-state index in [-0.39, 0.29) is 12.1 Å². The highest BCUT2D eigenvalue weighted by molar-refractivity contribution is 5.73. The molecule has 0 aliphatic carbocycles. The van der Waals surface area contributed by atoms with Crippen LogP contribution < -0.4 is 10.6 Å². The van der Waals surface area contributed by atoms with E-state index in [0.29, 0.717) is 26.5 Å². The van der Waals surface area contributed by atoms with Gasteiger partial charge in [0.2, 0.25) is 0 Å². The molecule has 1 rings (SSSR count). The minimum atomic E-state index is -0.141. The highest BCUT2D eigenvalue weighted by Crippen LogP contribution is 2.03. The largest absolute Gasteiger partial charge is 0.355 e. The lowest BCUT2D eigenvalue weighted by Gasteiger charge is -2.22. The van der Waals surface area contributed by atoms with Crippen molar-refractivity contribution in [2.24, 2.45) is 0 Å². The summed E-state index contributed by atoms with van der Waals surface area (Å²) < 4.78 is 10.2. The second-order valence-corrected chi connectivity index (χ2v) is 2.84. The van der Waals surface area contributed by atoms with Crippen molar-refractivity contribution in [1.29, 1.82) is 0 Å². The number of hydrogen-bond acceptors (Lipinski definition) is 3. The Morgan fingerprint density at radius 2 is 2.38 bits per heavy atom. The van der Waals surface area contributed by atoms with E-state index in [1.54, 1.807) is 0 Å². The van der Waals surface area contributed by atoms with Gasteiger partial charge in [-0.25, -0.2) is 4.79 Å². The summed E-state index contributed by atoms with van der Waals surface area (Å²) in [6.07, 6.45) is 0.934. The van der Waals surface area contributed by atoms with Crippen molar-refractivity contribution >= 4 is 6.03 Å². The zero-order valence-electron chi connectivity index (χ0n) is 7.84. The summed E-state index contributed by atoms with van der Waals surface area (Å²) in [5, 5.41) is 5.37. The van der Waals surface area contributed by atoms with Gasteiger partial charge >= 0.3 is 6.03 Å². The summed E-state index contributed by atoms with van der Waals surface area (Å²) >= 11 is 0. The van der Waals surface area contributed by atoms with Gasteiger partial charge in [0, 0.05) is 13.1 Å². The van der Waals surface area contributed by atoms with Gasteiger partial charge in [0.15, 0.2) is 0 Å². The molecule has 1 saturated heterocycles. The van der Waals surface area contributed by atoms with E-state index in [2.05, 4.69) is 10.6 Å². The molecule has 1 atom stereocenters. The average Bonchev–Trinajstić information content (AvgIpc) is 2.17. The molecule has 0 spiro atoms. The number of rotatable bonds is 3. The molecule has 0 aromatic carbocycles. The number of hydrogen-bond donors (Lipinski definition) is 2. The van der Waals surface area contributed by atoms with Crippen molar-refractivity contribution < 1.29 is 14.3 Å². The summed E-state index contributed by atoms with van der Waals surface area (Å²) in [5.74, 6) is 0. The molecule has 2 N–H and O–H groups in total. The quantitative estimate of drug-likeness (QED) is 0.659. The van der Waals surface area contributed by atoms with Crippen LogP contribution in [0.15, 0.2) is 0 Å². The van der Waals surface area contributed by atoms with Gasteiger partial charge in [-0.15, -0.1) is 0 Å². The number of carbonyl (C=O) groups excluding carboxylic acids is 1. The second-order valence-electron chi connectivity index (χ2n) is 2.84. The standard InChI is InChI=1S/C8H16N2O3/c1-2-9-8(11)10-5-7-3-4-12-6-13-7/h7H,2-6H2,1H3,(H2,9,10,11). The van der Waals surface area contributed by atoms with Crippen molar-refractivity contribution in [3.05, 3.63) is 0 Å². The van der Waals surface area contributed by atoms with E-state index in [9.17, 15) is 4.79 Å². The Bertz CT molecular complexity index is 157. The Kier molecular flexibility index (Phi) is 4.56. The first kappa shape index (κ1) is 10.3. The Morgan fingerprint density at radius 1 is 1.54 bits per heavy atom. The van der Waals surface area contributed by atoms with Crippen LogP contribution in [-0.2, 0) is 9.47 Å². The Hall–Kier alpha value is -0.810. The number of urea groups is 1. The lowest BCUT2D eigenvalue weighted by Crippen LogP contribution is -2.41. The van der Waals surface area contributed by atoms with Gasteiger partial charge in [0.05, 0.1) is 12.7 Å². The van der Waals surface area contributed by atoms with Crippen molar-refractivity contribution in [2.45, 2.75) is 19.4 Å². The van der Waals surface area contributed by atoms with Gasteiger partial charge in [0.25, 0.3) is 0 Å². The van der Waals surface area contributed by atoms with Gasteiger partial charge in [-0.05, 0) is 13.3 Å². The van der Waals surface area contributed by atoms with Gasteiger partial charge in [-0.2, -0.15) is 0 Å². The van der Waals surface area contributed by atoms with Crippen LogP contribution in [0.25, 0.3) is 0 Å². The fraction of sp³-hybridized carbons (Fsp3) is 0.875. The summed E-state index contributed by atoms with van der Waals surface area (Å²) in [6.45, 7) is 4.11. The number of amides is 2. The molecule has 0 radical (unpaired) electrons. The predicted octanol–water partition coefficient (Wildman–Crippen LogP) is 0.0685. The highest BCUT2D eigenvalue weighted by Gasteiger charge is 2.14. The van der Waals surface area contributed by atoms with E-state index in [1.165, 1.54) is 0 Å². The fourth-order valence-corrected chi connectivity index (χ4v) is 1.09. The molecule has 0 aromatic rings. The van der Waals surface area contributed by atoms with E-state index < -0.39 is 0 Å². The van der Waals surface area contributed by atoms with Crippen molar-refractivity contribution in [3.8, 4) is 0 Å². The molecule has 13 heavy (non-hydrogen) atoms. The summed E-state index contributed by atoms with van der Waals surface area (Å²) in [7, 11) is 0. The minimum absolute atomic E-state index is 0.0938. The fourth-order valence-electron chi connectivity index (χ4n) is 1.09. The van der Waals surface area contributed by atoms with E-state index in [1.807, 2.05) is 6.92 Å². The highest BCUT2D eigenvalue weighted by atomic mass is 16.7. The minimum Gasteiger partial charge on any atom is -0.355 e. The van der Waals surface area contributed by atoms with Crippen LogP contribution in [0.1, 0.15) is 13.3 Å². The topological polar surface area (TPSA) is 59.6 Å². The number of nitrogens with one attached hydrogen (secondary N) is 2. The van der Waals surface area contributed by atoms with E-state index in [0.717, 1.165) is 6.42 Å². The van der Waals surface area contributed by atoms with E-state index >= 15 is 0 Å². The van der Waals surface area contributed by atoms with Crippen LogP contribution in [0, 0.1) is 0 Å². The zero-order chi connectivity index (χ0) is 9.52. The molecule has 1 fully saturated rings. The first-order valence-corrected chi connectivity index (χ1v) is 4.54. The van der Waals surface area contributed by atoms with Crippen LogP contribution >= 0.6 is 0 Å². The van der Waals surface area contributed by atoms with Crippen molar-refractivity contribution in [1.82, 2.24) is 10.6 Å². The number of ether oxygens (including phenoxy) is 2. The van der Waals surface area contributed by atoms with Gasteiger partial charge in [-0.1, -0.05) is 0 Å².